The van der Waals surface area contributed by atoms with E-state index in [0.717, 1.165) is 42.5 Å². The zero-order valence-corrected chi connectivity index (χ0v) is 16.2. The first kappa shape index (κ1) is 17.5. The lowest BCUT2D eigenvalue weighted by Gasteiger charge is -2.17. The van der Waals surface area contributed by atoms with E-state index in [4.69, 9.17) is 11.6 Å². The number of anilines is 2. The minimum absolute atomic E-state index is 0.143. The minimum atomic E-state index is -3.78. The molecule has 2 heterocycles. The zero-order chi connectivity index (χ0) is 18.1. The molecule has 0 saturated heterocycles. The molecule has 6 nitrogen and oxygen atoms in total. The lowest BCUT2D eigenvalue weighted by Crippen LogP contribution is -2.20. The third-order valence-corrected chi connectivity index (χ3v) is 7.37. The van der Waals surface area contributed by atoms with Gasteiger partial charge in [0.2, 0.25) is 0 Å². The van der Waals surface area contributed by atoms with E-state index in [1.165, 1.54) is 6.07 Å². The number of fused-ring (bicyclic) bond motifs is 1. The van der Waals surface area contributed by atoms with Crippen LogP contribution in [0.2, 0.25) is 4.34 Å². The van der Waals surface area contributed by atoms with Gasteiger partial charge in [-0.1, -0.05) is 36.6 Å². The lowest BCUT2D eigenvalue weighted by molar-refractivity contribution is 0.603. The normalized spacial score (nSPS) is 15.4. The van der Waals surface area contributed by atoms with Crippen molar-refractivity contribution >= 4 is 55.6 Å². The second-order valence-electron chi connectivity index (χ2n) is 6.20. The van der Waals surface area contributed by atoms with Gasteiger partial charge < -0.3 is 5.32 Å². The average molecular weight is 409 g/mol. The van der Waals surface area contributed by atoms with Crippen LogP contribution in [0, 0.1) is 0 Å². The van der Waals surface area contributed by atoms with Crippen molar-refractivity contribution in [1.82, 2.24) is 9.97 Å². The Labute approximate surface area is 160 Å². The highest BCUT2D eigenvalue weighted by molar-refractivity contribution is 7.94. The number of hydrogen-bond acceptors (Lipinski definition) is 6. The second-order valence-corrected chi connectivity index (χ2v) is 9.82. The van der Waals surface area contributed by atoms with Gasteiger partial charge in [-0.05, 0) is 37.1 Å². The molecule has 0 unspecified atom stereocenters. The molecular weight excluding hydrogens is 392 g/mol. The first-order valence-corrected chi connectivity index (χ1v) is 11.0. The van der Waals surface area contributed by atoms with Crippen LogP contribution >= 0.6 is 22.9 Å². The summed E-state index contributed by atoms with van der Waals surface area (Å²) in [4.78, 5) is 9.09. The molecule has 0 aliphatic heterocycles. The number of nitrogens with one attached hydrogen (secondary N) is 2. The van der Waals surface area contributed by atoms with E-state index in [0.29, 0.717) is 15.7 Å². The van der Waals surface area contributed by atoms with Crippen molar-refractivity contribution in [1.29, 1.82) is 0 Å². The number of benzene rings is 1. The van der Waals surface area contributed by atoms with Gasteiger partial charge in [0.25, 0.3) is 10.0 Å². The molecule has 0 atom stereocenters. The molecule has 4 rings (SSSR count). The molecule has 26 heavy (non-hydrogen) atoms. The van der Waals surface area contributed by atoms with Crippen LogP contribution in [-0.4, -0.2) is 24.4 Å². The molecular formula is C17H17ClN4O2S2. The third-order valence-electron chi connectivity index (χ3n) is 4.31. The Kier molecular flexibility index (Phi) is 4.73. The molecule has 2 aromatic heterocycles. The van der Waals surface area contributed by atoms with E-state index in [2.05, 4.69) is 20.0 Å². The Morgan fingerprint density at radius 2 is 1.65 bits per heavy atom. The van der Waals surface area contributed by atoms with Crippen LogP contribution in [0.4, 0.5) is 11.6 Å². The number of sulfonamides is 1. The summed E-state index contributed by atoms with van der Waals surface area (Å²) in [5, 5.41) is 3.36. The number of hydrogen-bond donors (Lipinski definition) is 2. The quantitative estimate of drug-likeness (QED) is 0.649. The summed E-state index contributed by atoms with van der Waals surface area (Å²) in [6.07, 6.45) is 4.41. The Bertz CT molecular complexity index is 1050. The molecule has 9 heteroatoms. The van der Waals surface area contributed by atoms with Crippen molar-refractivity contribution < 1.29 is 8.42 Å². The summed E-state index contributed by atoms with van der Waals surface area (Å²) < 4.78 is 28.5. The number of para-hydroxylation sites is 2. The molecule has 1 aliphatic carbocycles. The Morgan fingerprint density at radius 3 is 2.27 bits per heavy atom. The van der Waals surface area contributed by atoms with Crippen LogP contribution in [0.3, 0.4) is 0 Å². The van der Waals surface area contributed by atoms with Crippen molar-refractivity contribution in [2.45, 2.75) is 35.9 Å². The third kappa shape index (κ3) is 3.62. The summed E-state index contributed by atoms with van der Waals surface area (Å²) in [5.74, 6) is 0.668. The summed E-state index contributed by atoms with van der Waals surface area (Å²) >= 11 is 6.88. The van der Waals surface area contributed by atoms with Gasteiger partial charge >= 0.3 is 0 Å². The van der Waals surface area contributed by atoms with Gasteiger partial charge in [0.1, 0.15) is 4.21 Å². The fourth-order valence-corrected chi connectivity index (χ4v) is 5.55. The van der Waals surface area contributed by atoms with Crippen LogP contribution in [0.5, 0.6) is 0 Å². The highest BCUT2D eigenvalue weighted by Gasteiger charge is 2.23. The minimum Gasteiger partial charge on any atom is -0.364 e. The molecule has 0 bridgehead atoms. The molecule has 1 aromatic carbocycles. The number of aromatic nitrogens is 2. The maximum absolute atomic E-state index is 12.7. The van der Waals surface area contributed by atoms with Gasteiger partial charge in [0.15, 0.2) is 11.6 Å². The highest BCUT2D eigenvalue weighted by Crippen LogP contribution is 2.31. The first-order valence-electron chi connectivity index (χ1n) is 8.33. The lowest BCUT2D eigenvalue weighted by atomic mass is 10.2. The Morgan fingerprint density at radius 1 is 1.00 bits per heavy atom. The fraction of sp³-hybridized carbons (Fsp3) is 0.294. The van der Waals surface area contributed by atoms with E-state index in [9.17, 15) is 8.42 Å². The fourth-order valence-electron chi connectivity index (χ4n) is 3.06. The Balaban J connectivity index is 1.73. The molecule has 2 N–H and O–H groups in total. The van der Waals surface area contributed by atoms with Gasteiger partial charge in [0.05, 0.1) is 15.4 Å². The van der Waals surface area contributed by atoms with Crippen molar-refractivity contribution in [3.05, 3.63) is 40.7 Å². The van der Waals surface area contributed by atoms with E-state index in [-0.39, 0.29) is 16.1 Å². The molecule has 0 amide bonds. The van der Waals surface area contributed by atoms with E-state index in [1.807, 2.05) is 24.3 Å². The molecule has 0 spiro atoms. The molecule has 3 aromatic rings. The summed E-state index contributed by atoms with van der Waals surface area (Å²) in [7, 11) is -3.78. The standard InChI is InChI=1S/C17H17ClN4O2S2/c18-14-9-10-15(25-14)26(23,24)22-17-16(19-11-5-1-2-6-11)20-12-7-3-4-8-13(12)21-17/h3-4,7-11H,1-2,5-6H2,(H,19,20)(H,21,22). The van der Waals surface area contributed by atoms with Crippen molar-refractivity contribution in [2.24, 2.45) is 0 Å². The van der Waals surface area contributed by atoms with Crippen LogP contribution in [0.25, 0.3) is 11.0 Å². The highest BCUT2D eigenvalue weighted by atomic mass is 35.5. The predicted octanol–water partition coefficient (Wildman–Crippen LogP) is 4.50. The summed E-state index contributed by atoms with van der Waals surface area (Å²) in [6.45, 7) is 0. The molecule has 1 saturated carbocycles. The SMILES string of the molecule is O=S(=O)(Nc1nc2ccccc2nc1NC1CCCC1)c1ccc(Cl)s1. The maximum Gasteiger partial charge on any atom is 0.272 e. The van der Waals surface area contributed by atoms with Crippen LogP contribution in [-0.2, 0) is 10.0 Å². The summed E-state index contributed by atoms with van der Waals surface area (Å²) in [6, 6.07) is 10.7. The first-order chi connectivity index (χ1) is 12.5. The predicted molar refractivity (Wildman–Crippen MR) is 106 cm³/mol. The van der Waals surface area contributed by atoms with Crippen LogP contribution < -0.4 is 10.0 Å². The van der Waals surface area contributed by atoms with Crippen molar-refractivity contribution in [2.75, 3.05) is 10.0 Å². The molecule has 1 fully saturated rings. The zero-order valence-electron chi connectivity index (χ0n) is 13.8. The smallest absolute Gasteiger partial charge is 0.272 e. The van der Waals surface area contributed by atoms with E-state index in [1.54, 1.807) is 6.07 Å². The second kappa shape index (κ2) is 7.02. The average Bonchev–Trinajstić information content (AvgIpc) is 3.27. The number of nitrogens with zero attached hydrogens (tertiary/aromatic N) is 2. The maximum atomic E-state index is 12.7. The summed E-state index contributed by atoms with van der Waals surface area (Å²) in [5.41, 5.74) is 1.35. The van der Waals surface area contributed by atoms with Crippen molar-refractivity contribution in [3.8, 4) is 0 Å². The molecule has 0 radical (unpaired) electrons. The molecule has 1 aliphatic rings. The topological polar surface area (TPSA) is 84.0 Å². The monoisotopic (exact) mass is 408 g/mol. The van der Waals surface area contributed by atoms with Gasteiger partial charge in [0, 0.05) is 6.04 Å². The Hall–Kier alpha value is -1.90. The molecule has 136 valence electrons. The van der Waals surface area contributed by atoms with Gasteiger partial charge in [-0.2, -0.15) is 0 Å². The van der Waals surface area contributed by atoms with Gasteiger partial charge in [-0.15, -0.1) is 11.3 Å². The number of rotatable bonds is 5. The largest absolute Gasteiger partial charge is 0.364 e. The van der Waals surface area contributed by atoms with Crippen LogP contribution in [0.15, 0.2) is 40.6 Å². The van der Waals surface area contributed by atoms with Crippen LogP contribution in [0.1, 0.15) is 25.7 Å². The number of halogens is 1. The van der Waals surface area contributed by atoms with E-state index >= 15 is 0 Å². The van der Waals surface area contributed by atoms with Gasteiger partial charge in [-0.3, -0.25) is 4.72 Å². The van der Waals surface area contributed by atoms with Crippen molar-refractivity contribution in [3.63, 3.8) is 0 Å². The van der Waals surface area contributed by atoms with Gasteiger partial charge in [-0.25, -0.2) is 18.4 Å². The van der Waals surface area contributed by atoms with E-state index < -0.39 is 10.0 Å². The number of thiophene rings is 1.